The van der Waals surface area contributed by atoms with E-state index in [4.69, 9.17) is 14.2 Å². The number of rotatable bonds is 6. The van der Waals surface area contributed by atoms with Crippen LogP contribution in [0.1, 0.15) is 45.1 Å². The Balaban J connectivity index is 1.24. The lowest BCUT2D eigenvalue weighted by atomic mass is 9.53. The predicted octanol–water partition coefficient (Wildman–Crippen LogP) is 3.35. The van der Waals surface area contributed by atoms with Gasteiger partial charge in [0.25, 0.3) is 0 Å². The summed E-state index contributed by atoms with van der Waals surface area (Å²) in [5.74, 6) is 1.56. The van der Waals surface area contributed by atoms with Crippen molar-refractivity contribution in [2.24, 2.45) is 23.2 Å². The molecule has 0 aromatic heterocycles. The Kier molecular flexibility index (Phi) is 4.67. The van der Waals surface area contributed by atoms with Crippen LogP contribution < -0.4 is 10.1 Å². The van der Waals surface area contributed by atoms with E-state index in [9.17, 15) is 4.79 Å². The summed E-state index contributed by atoms with van der Waals surface area (Å²) in [6.07, 6.45) is 5.74. The molecular formula is C24H33NO4. The number of esters is 1. The van der Waals surface area contributed by atoms with Crippen LogP contribution in [0.15, 0.2) is 24.3 Å². The van der Waals surface area contributed by atoms with Gasteiger partial charge in [-0.05, 0) is 49.8 Å². The maximum Gasteiger partial charge on any atom is 0.311 e. The highest BCUT2D eigenvalue weighted by atomic mass is 16.6. The first-order valence-corrected chi connectivity index (χ1v) is 11.2. The van der Waals surface area contributed by atoms with Gasteiger partial charge in [0.15, 0.2) is 0 Å². The lowest BCUT2D eigenvalue weighted by molar-refractivity contribution is -0.146. The van der Waals surface area contributed by atoms with E-state index in [-0.39, 0.29) is 41.0 Å². The molecule has 2 saturated carbocycles. The number of nitrogens with one attached hydrogen (secondary N) is 1. The number of carbonyl (C=O) groups excluding carboxylic acids is 1. The highest BCUT2D eigenvalue weighted by molar-refractivity contribution is 5.76. The Bertz CT molecular complexity index is 797. The number of hydrogen-bond acceptors (Lipinski definition) is 5. The standard InChI is InChI=1S/C24H33NO4/c1-15-7-6-11-23(2)13-19-20(21-24(15,23)29-21)17(22(26)28-19)14-25-12-10-16-8-4-5-9-18(16)27-3/h4-5,8-9,15,17,19-21,25H,6-7,10-14H2,1-3H3/t15-,17-,19+,20+,21+,23+,24+/m0/s1. The van der Waals surface area contributed by atoms with E-state index >= 15 is 0 Å². The summed E-state index contributed by atoms with van der Waals surface area (Å²) in [7, 11) is 1.70. The Morgan fingerprint density at radius 1 is 1.31 bits per heavy atom. The zero-order valence-corrected chi connectivity index (χ0v) is 17.8. The summed E-state index contributed by atoms with van der Waals surface area (Å²) in [6.45, 7) is 6.18. The van der Waals surface area contributed by atoms with Gasteiger partial charge in [0.05, 0.1) is 19.1 Å². The fraction of sp³-hybridized carbons (Fsp3) is 0.708. The summed E-state index contributed by atoms with van der Waals surface area (Å²) < 4.78 is 17.8. The van der Waals surface area contributed by atoms with Crippen LogP contribution in [0.3, 0.4) is 0 Å². The molecular weight excluding hydrogens is 366 g/mol. The van der Waals surface area contributed by atoms with Crippen LogP contribution in [0.5, 0.6) is 5.75 Å². The largest absolute Gasteiger partial charge is 0.496 e. The van der Waals surface area contributed by atoms with Gasteiger partial charge < -0.3 is 19.5 Å². The van der Waals surface area contributed by atoms with Crippen molar-refractivity contribution in [2.75, 3.05) is 20.2 Å². The first-order chi connectivity index (χ1) is 14.0. The van der Waals surface area contributed by atoms with Crippen molar-refractivity contribution in [3.05, 3.63) is 29.8 Å². The number of epoxide rings is 1. The van der Waals surface area contributed by atoms with Gasteiger partial charge in [-0.2, -0.15) is 0 Å². The molecule has 1 spiro atoms. The molecule has 1 N–H and O–H groups in total. The van der Waals surface area contributed by atoms with E-state index in [1.165, 1.54) is 24.8 Å². The van der Waals surface area contributed by atoms with Crippen LogP contribution in [-0.4, -0.2) is 44.0 Å². The minimum atomic E-state index is -0.0966. The Hall–Kier alpha value is -1.59. The van der Waals surface area contributed by atoms with Crippen molar-refractivity contribution >= 4 is 5.97 Å². The zero-order chi connectivity index (χ0) is 20.2. The van der Waals surface area contributed by atoms with Crippen LogP contribution in [0.2, 0.25) is 0 Å². The molecule has 5 rings (SSSR count). The normalized spacial score (nSPS) is 42.4. The number of hydrogen-bond donors (Lipinski definition) is 1. The third-order valence-corrected chi connectivity index (χ3v) is 8.32. The van der Waals surface area contributed by atoms with Crippen molar-refractivity contribution in [3.8, 4) is 5.75 Å². The lowest BCUT2D eigenvalue weighted by Crippen LogP contribution is -2.54. The van der Waals surface area contributed by atoms with E-state index in [2.05, 4.69) is 25.2 Å². The fourth-order valence-corrected chi connectivity index (χ4v) is 6.86. The van der Waals surface area contributed by atoms with Gasteiger partial charge in [0.2, 0.25) is 0 Å². The smallest absolute Gasteiger partial charge is 0.311 e. The number of ether oxygens (including phenoxy) is 3. The summed E-state index contributed by atoms with van der Waals surface area (Å²) in [4.78, 5) is 12.7. The number of methoxy groups -OCH3 is 1. The third kappa shape index (κ3) is 2.84. The molecule has 0 amide bonds. The third-order valence-electron chi connectivity index (χ3n) is 8.32. The SMILES string of the molecule is COc1ccccc1CCNC[C@@H]1C(=O)O[C@@H]2C[C@@]3(C)CCC[C@H](C)[C@]34O[C@@H]4[C@H]12. The molecule has 2 saturated heterocycles. The first-order valence-electron chi connectivity index (χ1n) is 11.2. The van der Waals surface area contributed by atoms with Gasteiger partial charge in [-0.3, -0.25) is 4.79 Å². The lowest BCUT2D eigenvalue weighted by Gasteiger charge is -2.48. The Labute approximate surface area is 173 Å². The fourth-order valence-electron chi connectivity index (χ4n) is 6.86. The van der Waals surface area contributed by atoms with E-state index in [1.54, 1.807) is 7.11 Å². The molecule has 5 nitrogen and oxygen atoms in total. The van der Waals surface area contributed by atoms with Crippen molar-refractivity contribution in [1.29, 1.82) is 0 Å². The van der Waals surface area contributed by atoms with Crippen molar-refractivity contribution in [2.45, 2.75) is 63.8 Å². The van der Waals surface area contributed by atoms with Gasteiger partial charge >= 0.3 is 5.97 Å². The van der Waals surface area contributed by atoms with Crippen LogP contribution in [0, 0.1) is 23.2 Å². The van der Waals surface area contributed by atoms with Gasteiger partial charge in [0.1, 0.15) is 17.5 Å². The minimum Gasteiger partial charge on any atom is -0.496 e. The summed E-state index contributed by atoms with van der Waals surface area (Å²) in [5.41, 5.74) is 1.32. The molecule has 5 heteroatoms. The molecule has 4 aliphatic rings. The molecule has 1 aromatic rings. The van der Waals surface area contributed by atoms with Crippen LogP contribution in [0.25, 0.3) is 0 Å². The Morgan fingerprint density at radius 2 is 2.14 bits per heavy atom. The molecule has 2 aliphatic carbocycles. The topological polar surface area (TPSA) is 60.1 Å². The van der Waals surface area contributed by atoms with E-state index in [0.29, 0.717) is 12.5 Å². The number of benzene rings is 1. The van der Waals surface area contributed by atoms with Gasteiger partial charge in [-0.25, -0.2) is 0 Å². The molecule has 4 fully saturated rings. The first kappa shape index (κ1) is 19.4. The number of para-hydroxylation sites is 1. The van der Waals surface area contributed by atoms with Gasteiger partial charge in [-0.1, -0.05) is 38.5 Å². The summed E-state index contributed by atoms with van der Waals surface area (Å²) in [6, 6.07) is 8.10. The van der Waals surface area contributed by atoms with Crippen molar-refractivity contribution < 1.29 is 19.0 Å². The predicted molar refractivity (Wildman–Crippen MR) is 110 cm³/mol. The van der Waals surface area contributed by atoms with Crippen LogP contribution in [0.4, 0.5) is 0 Å². The summed E-state index contributed by atoms with van der Waals surface area (Å²) >= 11 is 0. The van der Waals surface area contributed by atoms with E-state index < -0.39 is 0 Å². The molecule has 2 heterocycles. The van der Waals surface area contributed by atoms with Gasteiger partial charge in [-0.15, -0.1) is 0 Å². The van der Waals surface area contributed by atoms with E-state index in [0.717, 1.165) is 25.1 Å². The second-order valence-electron chi connectivity index (χ2n) is 9.81. The van der Waals surface area contributed by atoms with Crippen molar-refractivity contribution in [3.63, 3.8) is 0 Å². The van der Waals surface area contributed by atoms with Crippen molar-refractivity contribution in [1.82, 2.24) is 5.32 Å². The molecule has 2 aliphatic heterocycles. The number of carbonyl (C=O) groups is 1. The van der Waals surface area contributed by atoms with Crippen LogP contribution in [-0.2, 0) is 20.7 Å². The number of fused-ring (bicyclic) bond motifs is 2. The maximum absolute atomic E-state index is 12.7. The maximum atomic E-state index is 12.7. The second kappa shape index (κ2) is 6.98. The van der Waals surface area contributed by atoms with Gasteiger partial charge in [0, 0.05) is 17.9 Å². The molecule has 0 bridgehead atoms. The highest BCUT2D eigenvalue weighted by Crippen LogP contribution is 2.70. The zero-order valence-electron chi connectivity index (χ0n) is 17.8. The molecule has 0 radical (unpaired) electrons. The quantitative estimate of drug-likeness (QED) is 0.452. The van der Waals surface area contributed by atoms with Crippen LogP contribution >= 0.6 is 0 Å². The van der Waals surface area contributed by atoms with E-state index in [1.807, 2.05) is 18.2 Å². The molecule has 29 heavy (non-hydrogen) atoms. The average Bonchev–Trinajstić information content (AvgIpc) is 3.39. The highest BCUT2D eigenvalue weighted by Gasteiger charge is 2.78. The summed E-state index contributed by atoms with van der Waals surface area (Å²) in [5, 5.41) is 3.51. The molecule has 158 valence electrons. The molecule has 7 atom stereocenters. The molecule has 0 unspecified atom stereocenters. The second-order valence-corrected chi connectivity index (χ2v) is 9.81. The minimum absolute atomic E-state index is 0.0178. The molecule has 1 aromatic carbocycles. The monoisotopic (exact) mass is 399 g/mol. The Morgan fingerprint density at radius 3 is 2.97 bits per heavy atom. The average molecular weight is 400 g/mol.